The number of rotatable bonds is 1. The molecular formula is C19H18Br2N2OS. The molecule has 1 fully saturated rings. The van der Waals surface area contributed by atoms with Crippen LogP contribution in [0.2, 0.25) is 0 Å². The molecule has 1 atom stereocenters. The van der Waals surface area contributed by atoms with Crippen LogP contribution in [0.15, 0.2) is 43.7 Å². The fourth-order valence-electron chi connectivity index (χ4n) is 4.31. The Bertz CT molecular complexity index is 857. The summed E-state index contributed by atoms with van der Waals surface area (Å²) in [7, 11) is 0. The molecule has 2 aliphatic heterocycles. The Balaban J connectivity index is 1.61. The first-order valence-corrected chi connectivity index (χ1v) is 11.2. The van der Waals surface area contributed by atoms with E-state index < -0.39 is 0 Å². The normalized spacial score (nSPS) is 23.8. The number of ether oxygens (including phenoxy) is 1. The Morgan fingerprint density at radius 2 is 1.96 bits per heavy atom. The van der Waals surface area contributed by atoms with Gasteiger partial charge in [0.05, 0.1) is 20.4 Å². The quantitative estimate of drug-likeness (QED) is 0.465. The molecule has 3 nitrogen and oxygen atoms in total. The van der Waals surface area contributed by atoms with E-state index in [2.05, 4.69) is 67.2 Å². The number of halogens is 2. The molecule has 0 N–H and O–H groups in total. The number of hydrogen-bond acceptors (Lipinski definition) is 4. The van der Waals surface area contributed by atoms with Crippen LogP contribution in [0, 0.1) is 0 Å². The Labute approximate surface area is 168 Å². The third-order valence-electron chi connectivity index (χ3n) is 5.45. The van der Waals surface area contributed by atoms with Gasteiger partial charge in [-0.05, 0) is 59.1 Å². The summed E-state index contributed by atoms with van der Waals surface area (Å²) in [6, 6.07) is 10.9. The first kappa shape index (κ1) is 16.3. The monoisotopic (exact) mass is 480 g/mol. The second kappa shape index (κ2) is 6.10. The van der Waals surface area contributed by atoms with Crippen molar-refractivity contribution in [2.75, 3.05) is 0 Å². The molecule has 130 valence electrons. The lowest BCUT2D eigenvalue weighted by atomic mass is 9.87. The van der Waals surface area contributed by atoms with Crippen LogP contribution in [0.5, 0.6) is 5.75 Å². The van der Waals surface area contributed by atoms with E-state index in [0.29, 0.717) is 0 Å². The second-order valence-corrected chi connectivity index (χ2v) is 10.4. The van der Waals surface area contributed by atoms with Crippen molar-refractivity contribution in [3.8, 4) is 5.75 Å². The van der Waals surface area contributed by atoms with Crippen molar-refractivity contribution in [2.45, 2.75) is 50.3 Å². The molecule has 1 spiro atoms. The minimum Gasteiger partial charge on any atom is -0.466 e. The van der Waals surface area contributed by atoms with Crippen LogP contribution in [-0.4, -0.2) is 16.4 Å². The minimum absolute atomic E-state index is 0.264. The summed E-state index contributed by atoms with van der Waals surface area (Å²) in [5.41, 5.74) is 2.17. The van der Waals surface area contributed by atoms with Crippen molar-refractivity contribution in [1.29, 1.82) is 0 Å². The molecule has 5 rings (SSSR count). The molecule has 0 unspecified atom stereocenters. The zero-order chi connectivity index (χ0) is 17.0. The lowest BCUT2D eigenvalue weighted by Crippen LogP contribution is -2.54. The standard InChI is InChI=1S/C19H18Br2N2OS/c20-12-4-5-16-13(10-12)15-11-14(17-6-7-18(21)25-17)22-23(15)19(24-16)8-2-1-3-9-19/h4-7,10,15H,1-3,8-9,11H2/t15-/m1/s1. The topological polar surface area (TPSA) is 24.8 Å². The molecule has 1 aromatic carbocycles. The molecule has 3 heterocycles. The lowest BCUT2D eigenvalue weighted by Gasteiger charge is -2.49. The van der Waals surface area contributed by atoms with Gasteiger partial charge in [0, 0.05) is 29.3 Å². The maximum Gasteiger partial charge on any atom is 0.198 e. The van der Waals surface area contributed by atoms with E-state index in [0.717, 1.165) is 33.3 Å². The average Bonchev–Trinajstić information content (AvgIpc) is 3.24. The zero-order valence-corrected chi connectivity index (χ0v) is 17.7. The molecule has 0 saturated heterocycles. The van der Waals surface area contributed by atoms with E-state index in [9.17, 15) is 0 Å². The number of nitrogens with zero attached hydrogens (tertiary/aromatic N) is 2. The number of thiophene rings is 1. The van der Waals surface area contributed by atoms with Gasteiger partial charge in [-0.25, -0.2) is 5.01 Å². The molecule has 1 aromatic heterocycles. The third-order valence-corrected chi connectivity index (χ3v) is 7.62. The summed E-state index contributed by atoms with van der Waals surface area (Å²) in [5.74, 6) is 1.04. The van der Waals surface area contributed by atoms with Gasteiger partial charge < -0.3 is 4.74 Å². The van der Waals surface area contributed by atoms with Crippen LogP contribution in [0.25, 0.3) is 0 Å². The largest absolute Gasteiger partial charge is 0.466 e. The number of hydrazone groups is 1. The first-order chi connectivity index (χ1) is 12.1. The van der Waals surface area contributed by atoms with Crippen LogP contribution in [-0.2, 0) is 0 Å². The van der Waals surface area contributed by atoms with Crippen LogP contribution in [0.4, 0.5) is 0 Å². The summed E-state index contributed by atoms with van der Waals surface area (Å²) < 4.78 is 8.86. The summed E-state index contributed by atoms with van der Waals surface area (Å²) in [6.45, 7) is 0. The van der Waals surface area contributed by atoms with Gasteiger partial charge in [-0.1, -0.05) is 22.4 Å². The highest BCUT2D eigenvalue weighted by atomic mass is 79.9. The van der Waals surface area contributed by atoms with Gasteiger partial charge in [-0.3, -0.25) is 0 Å². The first-order valence-electron chi connectivity index (χ1n) is 8.76. The molecule has 0 bridgehead atoms. The SMILES string of the molecule is Brc1ccc2c(c1)[C@H]1CC(c3ccc(Br)s3)=NN1C1(CCCCC1)O2. The van der Waals surface area contributed by atoms with Crippen molar-refractivity contribution < 1.29 is 4.74 Å². The molecule has 0 amide bonds. The van der Waals surface area contributed by atoms with Gasteiger partial charge >= 0.3 is 0 Å². The van der Waals surface area contributed by atoms with Crippen molar-refractivity contribution in [1.82, 2.24) is 5.01 Å². The molecular weight excluding hydrogens is 464 g/mol. The predicted molar refractivity (Wildman–Crippen MR) is 108 cm³/mol. The molecule has 25 heavy (non-hydrogen) atoms. The maximum absolute atomic E-state index is 6.61. The molecule has 0 radical (unpaired) electrons. The molecule has 1 aliphatic carbocycles. The van der Waals surface area contributed by atoms with Crippen LogP contribution < -0.4 is 4.74 Å². The summed E-state index contributed by atoms with van der Waals surface area (Å²) in [5, 5.41) is 7.39. The van der Waals surface area contributed by atoms with Gasteiger partial charge in [-0.15, -0.1) is 11.3 Å². The Morgan fingerprint density at radius 3 is 2.72 bits per heavy atom. The van der Waals surface area contributed by atoms with E-state index in [-0.39, 0.29) is 11.8 Å². The fourth-order valence-corrected chi connectivity index (χ4v) is 6.06. The van der Waals surface area contributed by atoms with Gasteiger partial charge in [0.1, 0.15) is 5.75 Å². The third kappa shape index (κ3) is 2.68. The van der Waals surface area contributed by atoms with E-state index in [4.69, 9.17) is 9.84 Å². The molecule has 2 aromatic rings. The predicted octanol–water partition coefficient (Wildman–Crippen LogP) is 6.48. The second-order valence-electron chi connectivity index (χ2n) is 7.01. The van der Waals surface area contributed by atoms with Crippen molar-refractivity contribution >= 4 is 48.9 Å². The zero-order valence-electron chi connectivity index (χ0n) is 13.7. The van der Waals surface area contributed by atoms with Crippen LogP contribution in [0.3, 0.4) is 0 Å². The van der Waals surface area contributed by atoms with Gasteiger partial charge in [0.25, 0.3) is 0 Å². The van der Waals surface area contributed by atoms with E-state index in [1.807, 2.05) is 0 Å². The van der Waals surface area contributed by atoms with E-state index >= 15 is 0 Å². The lowest BCUT2D eigenvalue weighted by molar-refractivity contribution is -0.140. The number of hydrogen-bond donors (Lipinski definition) is 0. The Morgan fingerprint density at radius 1 is 1.12 bits per heavy atom. The van der Waals surface area contributed by atoms with Crippen molar-refractivity contribution in [2.24, 2.45) is 5.10 Å². The maximum atomic E-state index is 6.61. The highest BCUT2D eigenvalue weighted by Crippen LogP contribution is 2.52. The van der Waals surface area contributed by atoms with Crippen molar-refractivity contribution in [3.05, 3.63) is 49.0 Å². The van der Waals surface area contributed by atoms with E-state index in [1.165, 1.54) is 35.4 Å². The van der Waals surface area contributed by atoms with Gasteiger partial charge in [0.2, 0.25) is 0 Å². The Hall–Kier alpha value is -0.850. The van der Waals surface area contributed by atoms with Crippen molar-refractivity contribution in [3.63, 3.8) is 0 Å². The molecule has 6 heteroatoms. The number of fused-ring (bicyclic) bond motifs is 4. The molecule has 3 aliphatic rings. The summed E-state index contributed by atoms with van der Waals surface area (Å²) >= 11 is 8.96. The number of benzene rings is 1. The van der Waals surface area contributed by atoms with Crippen LogP contribution >= 0.6 is 43.2 Å². The van der Waals surface area contributed by atoms with Crippen LogP contribution in [0.1, 0.15) is 55.0 Å². The highest BCUT2D eigenvalue weighted by molar-refractivity contribution is 9.11. The minimum atomic E-state index is -0.264. The summed E-state index contributed by atoms with van der Waals surface area (Å²) in [4.78, 5) is 1.25. The Kier molecular flexibility index (Phi) is 3.99. The van der Waals surface area contributed by atoms with Gasteiger partial charge in [-0.2, -0.15) is 5.10 Å². The molecule has 1 saturated carbocycles. The van der Waals surface area contributed by atoms with E-state index in [1.54, 1.807) is 11.3 Å². The summed E-state index contributed by atoms with van der Waals surface area (Å²) in [6.07, 6.45) is 6.79. The highest BCUT2D eigenvalue weighted by Gasteiger charge is 2.50. The fraction of sp³-hybridized carbons (Fsp3) is 0.421. The smallest absolute Gasteiger partial charge is 0.198 e. The average molecular weight is 482 g/mol. The van der Waals surface area contributed by atoms with Gasteiger partial charge in [0.15, 0.2) is 5.72 Å².